The number of thiocarbonyl (C=S) groups is 1. The van der Waals surface area contributed by atoms with E-state index in [0.29, 0.717) is 5.92 Å². The van der Waals surface area contributed by atoms with Crippen LogP contribution in [0, 0.1) is 34.5 Å². The van der Waals surface area contributed by atoms with Crippen LogP contribution >= 0.6 is 12.2 Å². The average molecular weight is 367 g/mol. The molecule has 26 heavy (non-hydrogen) atoms. The van der Waals surface area contributed by atoms with Crippen molar-refractivity contribution >= 4 is 17.1 Å². The van der Waals surface area contributed by atoms with Crippen LogP contribution in [-0.2, 0) is 0 Å². The first kappa shape index (κ1) is 20.9. The van der Waals surface area contributed by atoms with Gasteiger partial charge in [0.1, 0.15) is 0 Å². The molecule has 0 amide bonds. The lowest BCUT2D eigenvalue weighted by atomic mass is 9.51. The van der Waals surface area contributed by atoms with Gasteiger partial charge < -0.3 is 0 Å². The summed E-state index contributed by atoms with van der Waals surface area (Å²) in [6, 6.07) is 0. The average Bonchev–Trinajstić information content (AvgIpc) is 2.81. The molecule has 0 aromatic carbocycles. The molecule has 0 N–H and O–H groups in total. The summed E-state index contributed by atoms with van der Waals surface area (Å²) < 4.78 is 0. The molecule has 2 rings (SSSR count). The summed E-state index contributed by atoms with van der Waals surface area (Å²) in [5.74, 6) is 7.47. The molecule has 2 aliphatic rings. The summed E-state index contributed by atoms with van der Waals surface area (Å²) in [5, 5.41) is 0. The third-order valence-corrected chi connectivity index (χ3v) is 7.01. The van der Waals surface area contributed by atoms with E-state index >= 15 is 0 Å². The molecule has 2 aliphatic carbocycles. The number of hydrogen-bond acceptors (Lipinski definition) is 1. The largest absolute Gasteiger partial charge is 0.0906 e. The highest BCUT2D eigenvalue weighted by molar-refractivity contribution is 7.80. The molecule has 0 fully saturated rings. The summed E-state index contributed by atoms with van der Waals surface area (Å²) in [6.07, 6.45) is 17.8. The first-order chi connectivity index (χ1) is 12.3. The van der Waals surface area contributed by atoms with Crippen LogP contribution in [0.4, 0.5) is 0 Å². The summed E-state index contributed by atoms with van der Waals surface area (Å²) in [4.78, 5) is 1.11. The maximum absolute atomic E-state index is 5.96. The Morgan fingerprint density at radius 3 is 2.69 bits per heavy atom. The van der Waals surface area contributed by atoms with Crippen molar-refractivity contribution in [3.63, 3.8) is 0 Å². The van der Waals surface area contributed by atoms with Crippen LogP contribution in [0.15, 0.2) is 47.6 Å². The van der Waals surface area contributed by atoms with E-state index in [2.05, 4.69) is 83.8 Å². The molecule has 0 saturated carbocycles. The highest BCUT2D eigenvalue weighted by Crippen LogP contribution is 2.56. The van der Waals surface area contributed by atoms with E-state index in [1.54, 1.807) is 0 Å². The molecule has 0 aliphatic heterocycles. The number of rotatable bonds is 7. The van der Waals surface area contributed by atoms with Crippen molar-refractivity contribution in [2.24, 2.45) is 22.7 Å². The van der Waals surface area contributed by atoms with Crippen molar-refractivity contribution in [3.8, 4) is 11.8 Å². The second-order valence-corrected chi connectivity index (χ2v) is 8.92. The molecule has 0 spiro atoms. The minimum absolute atomic E-state index is 0.0928. The van der Waals surface area contributed by atoms with Gasteiger partial charge in [-0.15, -0.1) is 0 Å². The molecule has 0 nitrogen and oxygen atoms in total. The van der Waals surface area contributed by atoms with E-state index in [1.807, 2.05) is 6.08 Å². The standard InChI is InChI=1S/C25H34S/c1-7-16-24(6,8-2)23(22-15-10-9-13-19(3)18-22)25(21(5)26)17-12-11-14-20(25)4/h9,11-14,18,22-23H,7-8,16-17H2,1-6H3. The first-order valence-corrected chi connectivity index (χ1v) is 10.4. The van der Waals surface area contributed by atoms with Gasteiger partial charge in [-0.2, -0.15) is 0 Å². The Kier molecular flexibility index (Phi) is 6.86. The fraction of sp³-hybridized carbons (Fsp3) is 0.560. The van der Waals surface area contributed by atoms with Crippen LogP contribution in [0.3, 0.4) is 0 Å². The topological polar surface area (TPSA) is 0 Å². The van der Waals surface area contributed by atoms with Gasteiger partial charge >= 0.3 is 0 Å². The highest BCUT2D eigenvalue weighted by atomic mass is 32.1. The summed E-state index contributed by atoms with van der Waals surface area (Å²) in [7, 11) is 0. The Labute approximate surface area is 166 Å². The van der Waals surface area contributed by atoms with Crippen LogP contribution in [0.2, 0.25) is 0 Å². The normalized spacial score (nSPS) is 28.2. The van der Waals surface area contributed by atoms with Crippen molar-refractivity contribution in [1.29, 1.82) is 0 Å². The van der Waals surface area contributed by atoms with Gasteiger partial charge in [0.15, 0.2) is 0 Å². The lowest BCUT2D eigenvalue weighted by molar-refractivity contribution is 0.0672. The number of allylic oxidation sites excluding steroid dienone is 8. The maximum atomic E-state index is 5.96. The van der Waals surface area contributed by atoms with Gasteiger partial charge in [0, 0.05) is 16.2 Å². The zero-order valence-corrected chi connectivity index (χ0v) is 18.2. The van der Waals surface area contributed by atoms with E-state index in [9.17, 15) is 0 Å². The molecule has 0 radical (unpaired) electrons. The number of hydrogen-bond donors (Lipinski definition) is 0. The fourth-order valence-corrected chi connectivity index (χ4v) is 5.50. The summed E-state index contributed by atoms with van der Waals surface area (Å²) in [6.45, 7) is 13.7. The molecule has 0 heterocycles. The predicted molar refractivity (Wildman–Crippen MR) is 119 cm³/mol. The first-order valence-electron chi connectivity index (χ1n) is 10.0. The molecule has 1 heteroatoms. The lowest BCUT2D eigenvalue weighted by Gasteiger charge is -2.53. The van der Waals surface area contributed by atoms with Gasteiger partial charge in [-0.1, -0.05) is 99.2 Å². The molecular weight excluding hydrogens is 332 g/mol. The molecule has 0 saturated heterocycles. The summed E-state index contributed by atoms with van der Waals surface area (Å²) >= 11 is 5.96. The molecule has 0 bridgehead atoms. The van der Waals surface area contributed by atoms with Crippen molar-refractivity contribution in [2.75, 3.05) is 0 Å². The van der Waals surface area contributed by atoms with Crippen molar-refractivity contribution < 1.29 is 0 Å². The minimum atomic E-state index is -0.0928. The smallest absolute Gasteiger partial charge is 0.0437 e. The lowest BCUT2D eigenvalue weighted by Crippen LogP contribution is -2.49. The zero-order valence-electron chi connectivity index (χ0n) is 17.4. The second-order valence-electron chi connectivity index (χ2n) is 8.30. The van der Waals surface area contributed by atoms with Crippen molar-refractivity contribution in [2.45, 2.75) is 67.2 Å². The zero-order chi connectivity index (χ0) is 19.4. The van der Waals surface area contributed by atoms with Gasteiger partial charge in [0.2, 0.25) is 0 Å². The Hall–Kier alpha value is -1.39. The second kappa shape index (κ2) is 8.53. The highest BCUT2D eigenvalue weighted by Gasteiger charge is 2.52. The van der Waals surface area contributed by atoms with Gasteiger partial charge in [0.05, 0.1) is 0 Å². The van der Waals surface area contributed by atoms with Crippen molar-refractivity contribution in [3.05, 3.63) is 47.6 Å². The Bertz CT molecular complexity index is 721. The monoisotopic (exact) mass is 366 g/mol. The van der Waals surface area contributed by atoms with Gasteiger partial charge in [-0.3, -0.25) is 0 Å². The van der Waals surface area contributed by atoms with Crippen LogP contribution < -0.4 is 0 Å². The van der Waals surface area contributed by atoms with Crippen LogP contribution in [0.5, 0.6) is 0 Å². The third-order valence-electron chi connectivity index (χ3n) is 6.65. The van der Waals surface area contributed by atoms with Gasteiger partial charge in [-0.05, 0) is 51.0 Å². The van der Waals surface area contributed by atoms with E-state index in [1.165, 1.54) is 24.0 Å². The van der Waals surface area contributed by atoms with Gasteiger partial charge in [-0.25, -0.2) is 0 Å². The molecular formula is C25H34S. The molecule has 0 aromatic heterocycles. The molecule has 140 valence electrons. The van der Waals surface area contributed by atoms with E-state index < -0.39 is 0 Å². The van der Waals surface area contributed by atoms with Crippen molar-refractivity contribution in [1.82, 2.24) is 0 Å². The van der Waals surface area contributed by atoms with E-state index in [0.717, 1.165) is 17.7 Å². The SMILES string of the molecule is CCCC(C)(CC)C(C1C#CC=CC(C)=C1)C1(C(C)=S)CC=CC=C1C. The van der Waals surface area contributed by atoms with E-state index in [4.69, 9.17) is 12.2 Å². The Morgan fingerprint density at radius 1 is 1.38 bits per heavy atom. The van der Waals surface area contributed by atoms with Crippen LogP contribution in [0.25, 0.3) is 0 Å². The quantitative estimate of drug-likeness (QED) is 0.338. The van der Waals surface area contributed by atoms with Crippen LogP contribution in [0.1, 0.15) is 67.2 Å². The predicted octanol–water partition coefficient (Wildman–Crippen LogP) is 7.24. The maximum Gasteiger partial charge on any atom is 0.0437 e. The Morgan fingerprint density at radius 2 is 2.12 bits per heavy atom. The van der Waals surface area contributed by atoms with Gasteiger partial charge in [0.25, 0.3) is 0 Å². The minimum Gasteiger partial charge on any atom is -0.0906 e. The molecule has 4 unspecified atom stereocenters. The summed E-state index contributed by atoms with van der Waals surface area (Å²) in [5.41, 5.74) is 2.79. The third kappa shape index (κ3) is 3.81. The fourth-order valence-electron chi connectivity index (χ4n) is 5.12. The van der Waals surface area contributed by atoms with Crippen LogP contribution in [-0.4, -0.2) is 4.86 Å². The molecule has 4 atom stereocenters. The van der Waals surface area contributed by atoms with E-state index in [-0.39, 0.29) is 16.7 Å². The Balaban J connectivity index is 2.72. The molecule has 0 aromatic rings.